The third-order valence-corrected chi connectivity index (χ3v) is 4.56. The quantitative estimate of drug-likeness (QED) is 0.862. The lowest BCUT2D eigenvalue weighted by atomic mass is 9.98. The Bertz CT molecular complexity index is 278. The maximum atomic E-state index is 6.20. The highest BCUT2D eigenvalue weighted by atomic mass is 79.9. The molecule has 0 spiro atoms. The minimum Gasteiger partial charge on any atom is -0.323 e. The summed E-state index contributed by atoms with van der Waals surface area (Å²) in [5, 5.41) is 0. The van der Waals surface area contributed by atoms with Gasteiger partial charge in [0.15, 0.2) is 0 Å². The summed E-state index contributed by atoms with van der Waals surface area (Å²) in [5.41, 5.74) is 6.20. The minimum absolute atomic E-state index is 0.277. The van der Waals surface area contributed by atoms with Crippen LogP contribution in [0.25, 0.3) is 0 Å². The standard InChI is InChI=1S/C10H14BrNS/c11-9-6-5-8(13-9)10(12)7-3-1-2-4-7/h5-7,10H,1-4,12H2/t10-/m0/s1. The fourth-order valence-electron chi connectivity index (χ4n) is 2.06. The smallest absolute Gasteiger partial charge is 0.0701 e. The second-order valence-corrected chi connectivity index (χ2v) is 6.21. The SMILES string of the molecule is N[C@H](c1ccc(Br)s1)C1CCCC1. The molecule has 1 heterocycles. The number of thiophene rings is 1. The van der Waals surface area contributed by atoms with Gasteiger partial charge in [0.2, 0.25) is 0 Å². The molecule has 0 radical (unpaired) electrons. The molecule has 0 bridgehead atoms. The van der Waals surface area contributed by atoms with Crippen LogP contribution in [0.5, 0.6) is 0 Å². The summed E-state index contributed by atoms with van der Waals surface area (Å²) in [4.78, 5) is 1.33. The molecule has 1 aromatic heterocycles. The van der Waals surface area contributed by atoms with Crippen molar-refractivity contribution in [1.82, 2.24) is 0 Å². The van der Waals surface area contributed by atoms with Crippen molar-refractivity contribution in [2.75, 3.05) is 0 Å². The highest BCUT2D eigenvalue weighted by Gasteiger charge is 2.23. The lowest BCUT2D eigenvalue weighted by Crippen LogP contribution is -2.17. The van der Waals surface area contributed by atoms with Crippen LogP contribution in [0, 0.1) is 5.92 Å². The van der Waals surface area contributed by atoms with Gasteiger partial charge in [-0.2, -0.15) is 0 Å². The Hall–Kier alpha value is 0.140. The summed E-state index contributed by atoms with van der Waals surface area (Å²) in [6.07, 6.45) is 5.36. The second kappa shape index (κ2) is 4.11. The Kier molecular flexibility index (Phi) is 3.06. The van der Waals surface area contributed by atoms with Gasteiger partial charge in [-0.1, -0.05) is 12.8 Å². The number of nitrogens with two attached hydrogens (primary N) is 1. The Morgan fingerprint density at radius 2 is 2.08 bits per heavy atom. The molecular weight excluding hydrogens is 246 g/mol. The third-order valence-electron chi connectivity index (χ3n) is 2.83. The minimum atomic E-state index is 0.277. The van der Waals surface area contributed by atoms with Gasteiger partial charge < -0.3 is 5.73 Å². The Morgan fingerprint density at radius 1 is 1.38 bits per heavy atom. The number of halogens is 1. The van der Waals surface area contributed by atoms with Gasteiger partial charge in [-0.3, -0.25) is 0 Å². The van der Waals surface area contributed by atoms with Crippen LogP contribution in [0.4, 0.5) is 0 Å². The van der Waals surface area contributed by atoms with Gasteiger partial charge in [0.1, 0.15) is 0 Å². The largest absolute Gasteiger partial charge is 0.323 e. The van der Waals surface area contributed by atoms with E-state index in [4.69, 9.17) is 5.73 Å². The lowest BCUT2D eigenvalue weighted by molar-refractivity contribution is 0.450. The van der Waals surface area contributed by atoms with E-state index in [-0.39, 0.29) is 6.04 Å². The van der Waals surface area contributed by atoms with E-state index in [0.717, 1.165) is 5.92 Å². The van der Waals surface area contributed by atoms with E-state index in [1.807, 2.05) is 0 Å². The van der Waals surface area contributed by atoms with Crippen molar-refractivity contribution in [2.24, 2.45) is 11.7 Å². The van der Waals surface area contributed by atoms with Crippen molar-refractivity contribution in [1.29, 1.82) is 0 Å². The summed E-state index contributed by atoms with van der Waals surface area (Å²) < 4.78 is 1.19. The first-order chi connectivity index (χ1) is 6.27. The Balaban J connectivity index is 2.07. The van der Waals surface area contributed by atoms with E-state index in [2.05, 4.69) is 28.1 Å². The van der Waals surface area contributed by atoms with E-state index >= 15 is 0 Å². The van der Waals surface area contributed by atoms with Gasteiger partial charge in [-0.15, -0.1) is 11.3 Å². The Morgan fingerprint density at radius 3 is 2.62 bits per heavy atom. The highest BCUT2D eigenvalue weighted by Crippen LogP contribution is 2.37. The fourth-order valence-corrected chi connectivity index (χ4v) is 3.58. The van der Waals surface area contributed by atoms with Gasteiger partial charge in [0, 0.05) is 10.9 Å². The molecule has 13 heavy (non-hydrogen) atoms. The predicted molar refractivity (Wildman–Crippen MR) is 60.9 cm³/mol. The van der Waals surface area contributed by atoms with Crippen LogP contribution in [0.1, 0.15) is 36.6 Å². The molecule has 1 atom stereocenters. The third kappa shape index (κ3) is 2.14. The van der Waals surface area contributed by atoms with Crippen LogP contribution in [-0.2, 0) is 0 Å². The molecule has 0 aliphatic heterocycles. The topological polar surface area (TPSA) is 26.0 Å². The average molecular weight is 260 g/mol. The zero-order chi connectivity index (χ0) is 9.26. The number of hydrogen-bond acceptors (Lipinski definition) is 2. The second-order valence-electron chi connectivity index (χ2n) is 3.71. The Labute approximate surface area is 91.5 Å². The molecule has 0 amide bonds. The lowest BCUT2D eigenvalue weighted by Gasteiger charge is -2.16. The van der Waals surface area contributed by atoms with Crippen molar-refractivity contribution < 1.29 is 0 Å². The maximum absolute atomic E-state index is 6.20. The number of rotatable bonds is 2. The predicted octanol–water partition coefficient (Wildman–Crippen LogP) is 3.70. The van der Waals surface area contributed by atoms with Gasteiger partial charge >= 0.3 is 0 Å². The molecule has 1 nitrogen and oxygen atoms in total. The maximum Gasteiger partial charge on any atom is 0.0701 e. The summed E-state index contributed by atoms with van der Waals surface area (Å²) in [5.74, 6) is 0.727. The van der Waals surface area contributed by atoms with Crippen LogP contribution in [-0.4, -0.2) is 0 Å². The molecule has 3 heteroatoms. The molecule has 0 aromatic carbocycles. The summed E-state index contributed by atoms with van der Waals surface area (Å²) in [6, 6.07) is 4.52. The van der Waals surface area contributed by atoms with Crippen LogP contribution in [0.15, 0.2) is 15.9 Å². The summed E-state index contributed by atoms with van der Waals surface area (Å²) in [7, 11) is 0. The summed E-state index contributed by atoms with van der Waals surface area (Å²) >= 11 is 5.25. The van der Waals surface area contributed by atoms with Gasteiger partial charge in [-0.05, 0) is 46.8 Å². The van der Waals surface area contributed by atoms with Crippen molar-refractivity contribution in [2.45, 2.75) is 31.7 Å². The van der Waals surface area contributed by atoms with E-state index in [1.165, 1.54) is 34.3 Å². The van der Waals surface area contributed by atoms with E-state index < -0.39 is 0 Å². The van der Waals surface area contributed by atoms with Gasteiger partial charge in [0.05, 0.1) is 3.79 Å². The normalized spacial score (nSPS) is 20.8. The van der Waals surface area contributed by atoms with Crippen LogP contribution >= 0.6 is 27.3 Å². The van der Waals surface area contributed by atoms with Crippen molar-refractivity contribution in [3.63, 3.8) is 0 Å². The number of hydrogen-bond donors (Lipinski definition) is 1. The molecule has 72 valence electrons. The van der Waals surface area contributed by atoms with Crippen molar-refractivity contribution in [3.05, 3.63) is 20.8 Å². The molecule has 1 aliphatic carbocycles. The van der Waals surface area contributed by atoms with Crippen LogP contribution in [0.3, 0.4) is 0 Å². The van der Waals surface area contributed by atoms with Crippen molar-refractivity contribution >= 4 is 27.3 Å². The first kappa shape index (κ1) is 9.69. The van der Waals surface area contributed by atoms with Gasteiger partial charge in [0.25, 0.3) is 0 Å². The molecule has 0 unspecified atom stereocenters. The fraction of sp³-hybridized carbons (Fsp3) is 0.600. The monoisotopic (exact) mass is 259 g/mol. The van der Waals surface area contributed by atoms with Crippen LogP contribution < -0.4 is 5.73 Å². The zero-order valence-electron chi connectivity index (χ0n) is 7.50. The van der Waals surface area contributed by atoms with Crippen LogP contribution in [0.2, 0.25) is 0 Å². The molecule has 0 saturated heterocycles. The van der Waals surface area contributed by atoms with E-state index in [1.54, 1.807) is 11.3 Å². The molecular formula is C10H14BrNS. The average Bonchev–Trinajstić information content (AvgIpc) is 2.72. The molecule has 2 rings (SSSR count). The first-order valence-electron chi connectivity index (χ1n) is 4.78. The molecule has 1 aliphatic rings. The summed E-state index contributed by atoms with van der Waals surface area (Å²) in [6.45, 7) is 0. The molecule has 1 saturated carbocycles. The van der Waals surface area contributed by atoms with Crippen molar-refractivity contribution in [3.8, 4) is 0 Å². The van der Waals surface area contributed by atoms with E-state index in [0.29, 0.717) is 0 Å². The van der Waals surface area contributed by atoms with E-state index in [9.17, 15) is 0 Å². The highest BCUT2D eigenvalue weighted by molar-refractivity contribution is 9.11. The van der Waals surface area contributed by atoms with Gasteiger partial charge in [-0.25, -0.2) is 0 Å². The molecule has 1 fully saturated rings. The first-order valence-corrected chi connectivity index (χ1v) is 6.39. The molecule has 2 N–H and O–H groups in total. The zero-order valence-corrected chi connectivity index (χ0v) is 9.90. The molecule has 1 aromatic rings.